The van der Waals surface area contributed by atoms with Crippen LogP contribution in [0, 0.1) is 15.5 Å². The Hall–Kier alpha value is -2.03. The number of fused-ring (bicyclic) bond motifs is 1. The lowest BCUT2D eigenvalue weighted by Crippen LogP contribution is -2.65. The monoisotopic (exact) mass is 631 g/mol. The molecule has 1 aromatic rings. The van der Waals surface area contributed by atoms with Gasteiger partial charge in [-0.3, -0.25) is 15.5 Å². The van der Waals surface area contributed by atoms with Gasteiger partial charge in [0.25, 0.3) is 5.54 Å². The van der Waals surface area contributed by atoms with Crippen LogP contribution in [0.3, 0.4) is 0 Å². The van der Waals surface area contributed by atoms with Gasteiger partial charge in [0.1, 0.15) is 5.71 Å². The van der Waals surface area contributed by atoms with E-state index in [-0.39, 0.29) is 23.7 Å². The zero-order chi connectivity index (χ0) is 32.6. The van der Waals surface area contributed by atoms with E-state index in [1.807, 2.05) is 18.2 Å². The Bertz CT molecular complexity index is 943. The van der Waals surface area contributed by atoms with Crippen LogP contribution in [0.4, 0.5) is 5.69 Å². The van der Waals surface area contributed by atoms with Gasteiger partial charge in [0.2, 0.25) is 0 Å². The highest BCUT2D eigenvalue weighted by Crippen LogP contribution is 2.36. The van der Waals surface area contributed by atoms with Crippen LogP contribution in [0.25, 0.3) is 0 Å². The number of unbranched alkanes of at least 4 members (excludes halogenated alkanes) is 18. The second-order valence-corrected chi connectivity index (χ2v) is 13.1. The van der Waals surface area contributed by atoms with Gasteiger partial charge >= 0.3 is 0 Å². The zero-order valence-corrected chi connectivity index (χ0v) is 28.9. The van der Waals surface area contributed by atoms with Crippen molar-refractivity contribution < 1.29 is 14.4 Å². The summed E-state index contributed by atoms with van der Waals surface area (Å²) in [5.74, 6) is 0. The highest BCUT2D eigenvalue weighted by Gasteiger charge is 2.57. The van der Waals surface area contributed by atoms with Crippen LogP contribution in [0.15, 0.2) is 18.2 Å². The summed E-state index contributed by atoms with van der Waals surface area (Å²) >= 11 is 0. The number of nitrogens with one attached hydrogen (secondary N) is 2. The van der Waals surface area contributed by atoms with Gasteiger partial charge in [-0.15, -0.1) is 0 Å². The summed E-state index contributed by atoms with van der Waals surface area (Å²) in [7, 11) is 0. The average molecular weight is 631 g/mol. The molecule has 1 heterocycles. The fourth-order valence-corrected chi connectivity index (χ4v) is 6.46. The number of rotatable bonds is 29. The Kier molecular flexibility index (Phi) is 21.0. The summed E-state index contributed by atoms with van der Waals surface area (Å²) < 4.78 is 11.8. The molecule has 258 valence electrons. The van der Waals surface area contributed by atoms with Crippen LogP contribution in [-0.4, -0.2) is 48.8 Å². The van der Waals surface area contributed by atoms with E-state index in [1.165, 1.54) is 109 Å². The molecule has 0 aromatic heterocycles. The molecule has 8 heteroatoms. The van der Waals surface area contributed by atoms with Crippen LogP contribution in [-0.2, 0) is 15.9 Å². The molecule has 45 heavy (non-hydrogen) atoms. The molecule has 0 amide bonds. The highest BCUT2D eigenvalue weighted by atomic mass is 16.6. The van der Waals surface area contributed by atoms with E-state index in [0.29, 0.717) is 30.9 Å². The molecule has 1 aliphatic heterocycles. The number of nitrogens with two attached hydrogens (primary N) is 1. The van der Waals surface area contributed by atoms with Gasteiger partial charge in [-0.05, 0) is 30.9 Å². The fraction of sp³-hybridized carbons (Fsp3) is 0.811. The number of ether oxygens (including phenoxy) is 2. The van der Waals surface area contributed by atoms with Gasteiger partial charge in [-0.2, -0.15) is 0 Å². The molecule has 0 bridgehead atoms. The van der Waals surface area contributed by atoms with E-state index in [2.05, 4.69) is 19.2 Å². The van der Waals surface area contributed by atoms with E-state index < -0.39 is 11.7 Å². The van der Waals surface area contributed by atoms with Gasteiger partial charge < -0.3 is 20.5 Å². The van der Waals surface area contributed by atoms with Crippen molar-refractivity contribution in [2.75, 3.05) is 31.7 Å². The van der Waals surface area contributed by atoms with E-state index >= 15 is 0 Å². The number of nitrogens with zero attached hydrogens (tertiary/aromatic N) is 1. The molecule has 4 N–H and O–H groups in total. The first-order valence-electron chi connectivity index (χ1n) is 18.5. The summed E-state index contributed by atoms with van der Waals surface area (Å²) in [4.78, 5) is 12.1. The van der Waals surface area contributed by atoms with Crippen LogP contribution in [0.5, 0.6) is 0 Å². The molecule has 1 aliphatic rings. The molecule has 0 radical (unpaired) electrons. The summed E-state index contributed by atoms with van der Waals surface area (Å²) in [6.45, 7) is 6.54. The van der Waals surface area contributed by atoms with Gasteiger partial charge in [0.15, 0.2) is 6.17 Å². The lowest BCUT2D eigenvalue weighted by Gasteiger charge is -2.38. The average Bonchev–Trinajstić information content (AvgIpc) is 3.02. The zero-order valence-electron chi connectivity index (χ0n) is 28.9. The van der Waals surface area contributed by atoms with Crippen molar-refractivity contribution in [3.05, 3.63) is 39.4 Å². The van der Waals surface area contributed by atoms with Crippen molar-refractivity contribution in [2.24, 2.45) is 5.73 Å². The van der Waals surface area contributed by atoms with Crippen LogP contribution >= 0.6 is 0 Å². The maximum absolute atomic E-state index is 12.5. The summed E-state index contributed by atoms with van der Waals surface area (Å²) in [5.41, 5.74) is 6.77. The van der Waals surface area contributed by atoms with Crippen LogP contribution in [0.2, 0.25) is 0 Å². The van der Waals surface area contributed by atoms with Gasteiger partial charge in [-0.1, -0.05) is 142 Å². The van der Waals surface area contributed by atoms with Crippen molar-refractivity contribution in [3.8, 4) is 0 Å². The Morgan fingerprint density at radius 3 is 1.71 bits per heavy atom. The fourth-order valence-electron chi connectivity index (χ4n) is 6.46. The van der Waals surface area contributed by atoms with Gasteiger partial charge in [-0.25, -0.2) is 0 Å². The predicted octanol–water partition coefficient (Wildman–Crippen LogP) is 9.59. The third-order valence-electron chi connectivity index (χ3n) is 9.41. The third-order valence-corrected chi connectivity index (χ3v) is 9.41. The Morgan fingerprint density at radius 2 is 1.22 bits per heavy atom. The second kappa shape index (κ2) is 24.2. The smallest absolute Gasteiger partial charge is 0.298 e. The molecular weight excluding hydrogens is 564 g/mol. The predicted molar refractivity (Wildman–Crippen MR) is 188 cm³/mol. The molecule has 0 saturated carbocycles. The van der Waals surface area contributed by atoms with Gasteiger partial charge in [0.05, 0.1) is 19.6 Å². The van der Waals surface area contributed by atoms with E-state index in [0.717, 1.165) is 31.4 Å². The molecular formula is C37H66N4O4. The van der Waals surface area contributed by atoms with Gasteiger partial charge in [0, 0.05) is 29.4 Å². The number of benzene rings is 1. The van der Waals surface area contributed by atoms with Crippen molar-refractivity contribution in [1.82, 2.24) is 0 Å². The lowest BCUT2D eigenvalue weighted by molar-refractivity contribution is -0.551. The molecule has 2 rings (SSSR count). The van der Waals surface area contributed by atoms with Crippen LogP contribution in [0.1, 0.15) is 160 Å². The number of hydrogen-bond acceptors (Lipinski definition) is 7. The Morgan fingerprint density at radius 1 is 0.756 bits per heavy atom. The normalized spacial score (nSPS) is 17.8. The third kappa shape index (κ3) is 14.1. The minimum Gasteiger partial charge on any atom is -0.381 e. The quantitative estimate of drug-likeness (QED) is 0.0460. The van der Waals surface area contributed by atoms with E-state index in [1.54, 1.807) is 0 Å². The standard InChI is InChI=1S/C37H66N4O4/c1-3-5-7-9-11-13-15-17-19-21-28-44-30-26-32-24-23-25-33-34(32)35(38)37(41(42)43,36(39)40-33)27-31-45-29-22-20-18-16-14-12-10-8-6-4-2/h23-25,36,38,40H,3-22,26-31,39H2,1-2H3. The highest BCUT2D eigenvalue weighted by molar-refractivity contribution is 6.11. The Labute approximate surface area is 274 Å². The molecule has 1 aromatic carbocycles. The van der Waals surface area contributed by atoms with Crippen molar-refractivity contribution in [3.63, 3.8) is 0 Å². The van der Waals surface area contributed by atoms with Crippen LogP contribution < -0.4 is 11.1 Å². The molecule has 0 spiro atoms. The van der Waals surface area contributed by atoms with Crippen molar-refractivity contribution in [1.29, 1.82) is 5.41 Å². The second-order valence-electron chi connectivity index (χ2n) is 13.1. The van der Waals surface area contributed by atoms with Crippen molar-refractivity contribution >= 4 is 11.4 Å². The first-order valence-corrected chi connectivity index (χ1v) is 18.5. The topological polar surface area (TPSA) is 124 Å². The number of hydrogen-bond donors (Lipinski definition) is 3. The molecule has 2 unspecified atom stereocenters. The largest absolute Gasteiger partial charge is 0.381 e. The summed E-state index contributed by atoms with van der Waals surface area (Å²) in [6, 6.07) is 5.71. The maximum Gasteiger partial charge on any atom is 0.298 e. The molecule has 0 aliphatic carbocycles. The maximum atomic E-state index is 12.5. The molecule has 2 atom stereocenters. The first-order chi connectivity index (χ1) is 22.0. The summed E-state index contributed by atoms with van der Waals surface area (Å²) in [6.07, 6.45) is 25.1. The minimum atomic E-state index is -1.74. The number of anilines is 1. The van der Waals surface area contributed by atoms with E-state index in [4.69, 9.17) is 20.6 Å². The minimum absolute atomic E-state index is 0.0263. The molecule has 8 nitrogen and oxygen atoms in total. The SMILES string of the molecule is CCCCCCCCCCCCOCCc1cccc2c1C(=N)C(CCOCCCCCCCCCCCC)([N+](=O)[O-])C(N)N2. The van der Waals surface area contributed by atoms with E-state index in [9.17, 15) is 10.1 Å². The van der Waals surface area contributed by atoms with Crippen molar-refractivity contribution in [2.45, 2.75) is 167 Å². The summed E-state index contributed by atoms with van der Waals surface area (Å²) in [5, 5.41) is 24.7. The molecule has 0 saturated heterocycles. The molecule has 0 fully saturated rings. The number of nitro groups is 1. The lowest BCUT2D eigenvalue weighted by atomic mass is 9.78. The first kappa shape index (κ1) is 39.1. The Balaban J connectivity index is 1.73.